The molecule has 0 N–H and O–H groups in total. The van der Waals surface area contributed by atoms with Crippen LogP contribution in [0.4, 0.5) is 0 Å². The summed E-state index contributed by atoms with van der Waals surface area (Å²) in [5, 5.41) is 22.0. The first-order valence-corrected chi connectivity index (χ1v) is 5.49. The number of hydrogen-bond donors (Lipinski definition) is 0. The van der Waals surface area contributed by atoms with E-state index in [1.807, 2.05) is 24.3 Å². The molecule has 0 heterocycles. The molecule has 0 bridgehead atoms. The zero-order valence-electron chi connectivity index (χ0n) is 11.1. The Morgan fingerprint density at radius 3 is 1.95 bits per heavy atom. The van der Waals surface area contributed by atoms with E-state index in [1.165, 1.54) is 6.92 Å². The number of carbonyl (C=O) groups is 2. The summed E-state index contributed by atoms with van der Waals surface area (Å²) in [6, 6.07) is 12.6. The van der Waals surface area contributed by atoms with Gasteiger partial charge in [-0.05, 0) is 34.9 Å². The molecule has 0 saturated carbocycles. The summed E-state index contributed by atoms with van der Waals surface area (Å²) in [5.41, 5.74) is 0.286. The Morgan fingerprint density at radius 1 is 1.00 bits per heavy atom. The number of aliphatic carboxylic acids is 1. The van der Waals surface area contributed by atoms with Crippen LogP contribution in [0.2, 0.25) is 0 Å². The topological polar surface area (TPSA) is 80.3 Å². The average molecular weight is 296 g/mol. The molecule has 0 saturated heterocycles. The molecule has 2 rings (SSSR count). The molecule has 0 fully saturated rings. The molecule has 0 aliphatic heterocycles. The van der Waals surface area contributed by atoms with Crippen molar-refractivity contribution in [2.75, 3.05) is 0 Å². The van der Waals surface area contributed by atoms with Crippen LogP contribution in [0.15, 0.2) is 54.6 Å². The number of hydrogen-bond acceptors (Lipinski definition) is 4. The van der Waals surface area contributed by atoms with Gasteiger partial charge in [0.15, 0.2) is 0 Å². The van der Waals surface area contributed by atoms with Crippen LogP contribution < -0.4 is 10.2 Å². The van der Waals surface area contributed by atoms with E-state index in [9.17, 15) is 19.8 Å². The van der Waals surface area contributed by atoms with Crippen LogP contribution in [0.1, 0.15) is 17.3 Å². The number of carboxylic acids is 2. The summed E-state index contributed by atoms with van der Waals surface area (Å²) in [6.07, 6.45) is 0. The van der Waals surface area contributed by atoms with Crippen LogP contribution >= 0.6 is 0 Å². The zero-order chi connectivity index (χ0) is 14.4. The number of aromatic carboxylic acids is 1. The summed E-state index contributed by atoms with van der Waals surface area (Å²) < 4.78 is 0. The van der Waals surface area contributed by atoms with Crippen molar-refractivity contribution in [3.05, 3.63) is 60.2 Å². The van der Waals surface area contributed by atoms with Crippen molar-refractivity contribution >= 4 is 60.4 Å². The van der Waals surface area contributed by atoms with E-state index in [4.69, 9.17) is 0 Å². The van der Waals surface area contributed by atoms with Crippen LogP contribution in [0.3, 0.4) is 0 Å². The van der Waals surface area contributed by atoms with Crippen molar-refractivity contribution in [2.24, 2.45) is 0 Å². The van der Waals surface area contributed by atoms with Gasteiger partial charge in [-0.3, -0.25) is 0 Å². The minimum Gasteiger partial charge on any atom is -0.545 e. The van der Waals surface area contributed by atoms with Gasteiger partial charge in [-0.25, -0.2) is 0 Å². The number of fused-ring (bicyclic) bond motifs is 1. The summed E-state index contributed by atoms with van der Waals surface area (Å²) in [4.78, 5) is 20.0. The Kier molecular flexibility index (Phi) is 8.15. The van der Waals surface area contributed by atoms with Crippen LogP contribution in [0.5, 0.6) is 0 Å². The fraction of sp³-hybridized carbons (Fsp3) is 0.0667. The van der Waals surface area contributed by atoms with Crippen LogP contribution in [-0.2, 0) is 4.79 Å². The van der Waals surface area contributed by atoms with Crippen molar-refractivity contribution < 1.29 is 19.8 Å². The van der Waals surface area contributed by atoms with Gasteiger partial charge in [-0.2, -0.15) is 0 Å². The molecule has 0 unspecified atom stereocenters. The number of carbonyl (C=O) groups excluding carboxylic acids is 2. The SMILES string of the molecule is C=C(C)C(=O)[O-].O=C([O-])c1ccc2ccccc2c1.[Ca+2]. The second-order valence-electron chi connectivity index (χ2n) is 3.92. The summed E-state index contributed by atoms with van der Waals surface area (Å²) in [5.74, 6) is -2.32. The molecule has 0 atom stereocenters. The molecule has 0 spiro atoms. The van der Waals surface area contributed by atoms with Gasteiger partial charge in [-0.1, -0.05) is 43.0 Å². The van der Waals surface area contributed by atoms with Gasteiger partial charge in [0.25, 0.3) is 0 Å². The van der Waals surface area contributed by atoms with Gasteiger partial charge in [0.2, 0.25) is 0 Å². The standard InChI is InChI=1S/C11H8O2.C4H6O2.Ca/c12-11(13)10-6-5-8-3-1-2-4-9(8)7-10;1-3(2)4(5)6;/h1-7H,(H,12,13);1H2,2H3,(H,5,6);/q;;+2/p-2. The van der Waals surface area contributed by atoms with Gasteiger partial charge >= 0.3 is 37.7 Å². The number of benzene rings is 2. The summed E-state index contributed by atoms with van der Waals surface area (Å²) in [7, 11) is 0. The molecule has 0 radical (unpaired) electrons. The molecular formula is C15H12CaO4. The molecule has 0 aromatic heterocycles. The van der Waals surface area contributed by atoms with E-state index in [2.05, 4.69) is 6.58 Å². The van der Waals surface area contributed by atoms with E-state index < -0.39 is 11.9 Å². The van der Waals surface area contributed by atoms with E-state index in [0.717, 1.165) is 10.8 Å². The maximum atomic E-state index is 10.5. The Labute approximate surface area is 146 Å². The third-order valence-electron chi connectivity index (χ3n) is 2.33. The van der Waals surface area contributed by atoms with Gasteiger partial charge in [0.05, 0.1) is 11.9 Å². The number of rotatable bonds is 2. The molecule has 0 aliphatic carbocycles. The molecule has 2 aromatic rings. The first kappa shape index (κ1) is 18.6. The minimum absolute atomic E-state index is 0. The third-order valence-corrected chi connectivity index (χ3v) is 2.33. The van der Waals surface area contributed by atoms with E-state index in [1.54, 1.807) is 18.2 Å². The van der Waals surface area contributed by atoms with Crippen molar-refractivity contribution in [1.29, 1.82) is 0 Å². The van der Waals surface area contributed by atoms with Crippen molar-refractivity contribution in [3.63, 3.8) is 0 Å². The fourth-order valence-corrected chi connectivity index (χ4v) is 1.32. The quantitative estimate of drug-likeness (QED) is 0.583. The minimum atomic E-state index is -1.19. The Bertz CT molecular complexity index is 623. The second-order valence-corrected chi connectivity index (χ2v) is 3.92. The predicted octanol–water partition coefficient (Wildman–Crippen LogP) is 0.135. The molecule has 20 heavy (non-hydrogen) atoms. The normalized spacial score (nSPS) is 8.85. The molecule has 5 heteroatoms. The zero-order valence-corrected chi connectivity index (χ0v) is 13.3. The van der Waals surface area contributed by atoms with Crippen molar-refractivity contribution in [2.45, 2.75) is 6.92 Å². The predicted molar refractivity (Wildman–Crippen MR) is 73.9 cm³/mol. The van der Waals surface area contributed by atoms with Gasteiger partial charge < -0.3 is 19.8 Å². The smallest absolute Gasteiger partial charge is 0.545 e. The summed E-state index contributed by atoms with van der Waals surface area (Å²) >= 11 is 0. The molecule has 98 valence electrons. The fourth-order valence-electron chi connectivity index (χ4n) is 1.32. The van der Waals surface area contributed by atoms with E-state index in [0.29, 0.717) is 0 Å². The first-order valence-electron chi connectivity index (χ1n) is 5.49. The first-order chi connectivity index (χ1) is 8.91. The van der Waals surface area contributed by atoms with E-state index >= 15 is 0 Å². The third kappa shape index (κ3) is 5.74. The Hall–Kier alpha value is -1.36. The number of carboxylic acid groups (broad SMARTS) is 2. The van der Waals surface area contributed by atoms with Crippen LogP contribution in [0.25, 0.3) is 10.8 Å². The molecule has 2 aromatic carbocycles. The Balaban J connectivity index is 0.000000448. The molecule has 0 amide bonds. The second kappa shape index (κ2) is 8.74. The average Bonchev–Trinajstić information content (AvgIpc) is 2.38. The molecule has 4 nitrogen and oxygen atoms in total. The molecular weight excluding hydrogens is 284 g/mol. The summed E-state index contributed by atoms with van der Waals surface area (Å²) in [6.45, 7) is 4.48. The van der Waals surface area contributed by atoms with Crippen molar-refractivity contribution in [1.82, 2.24) is 0 Å². The maximum absolute atomic E-state index is 10.5. The monoisotopic (exact) mass is 296 g/mol. The Morgan fingerprint density at radius 2 is 1.50 bits per heavy atom. The van der Waals surface area contributed by atoms with Crippen LogP contribution in [0, 0.1) is 0 Å². The van der Waals surface area contributed by atoms with Gasteiger partial charge in [0.1, 0.15) is 0 Å². The van der Waals surface area contributed by atoms with Gasteiger partial charge in [-0.15, -0.1) is 0 Å². The molecule has 0 aliphatic rings. The van der Waals surface area contributed by atoms with E-state index in [-0.39, 0.29) is 48.9 Å². The van der Waals surface area contributed by atoms with Crippen LogP contribution in [-0.4, -0.2) is 49.7 Å². The van der Waals surface area contributed by atoms with Gasteiger partial charge in [0, 0.05) is 0 Å². The largest absolute Gasteiger partial charge is 2.00 e. The maximum Gasteiger partial charge on any atom is 2.00 e. The van der Waals surface area contributed by atoms with Crippen molar-refractivity contribution in [3.8, 4) is 0 Å².